The number of nitrogens with zero attached hydrogens (tertiary/aromatic N) is 2. The van der Waals surface area contributed by atoms with Crippen molar-refractivity contribution in [3.8, 4) is 0 Å². The number of carbonyl (C=O) groups excluding carboxylic acids is 1. The normalized spacial score (nSPS) is 29.7. The summed E-state index contributed by atoms with van der Waals surface area (Å²) < 4.78 is 29.2. The third-order valence-corrected chi connectivity index (χ3v) is 8.53. The van der Waals surface area contributed by atoms with Crippen molar-refractivity contribution in [2.75, 3.05) is 57.1 Å². The number of benzene rings is 2. The zero-order valence-corrected chi connectivity index (χ0v) is 16.7. The minimum atomic E-state index is -3.43. The van der Waals surface area contributed by atoms with Crippen molar-refractivity contribution < 1.29 is 22.2 Å². The number of nitrogens with two attached hydrogens (primary N) is 1. The van der Waals surface area contributed by atoms with Gasteiger partial charge in [0, 0.05) is 11.8 Å². The van der Waals surface area contributed by atoms with Crippen LogP contribution in [-0.4, -0.2) is 75.6 Å². The fourth-order valence-corrected chi connectivity index (χ4v) is 6.67. The largest absolute Gasteiger partial charge is 0.365 e. The van der Waals surface area contributed by atoms with Crippen LogP contribution in [0.3, 0.4) is 0 Å². The molecule has 0 spiro atoms. The quantitative estimate of drug-likeness (QED) is 0.720. The zero-order valence-electron chi connectivity index (χ0n) is 15.9. The molecule has 4 aliphatic rings. The highest BCUT2D eigenvalue weighted by atomic mass is 32.2. The van der Waals surface area contributed by atoms with E-state index in [0.29, 0.717) is 17.1 Å². The summed E-state index contributed by atoms with van der Waals surface area (Å²) in [4.78, 5) is 11.8. The van der Waals surface area contributed by atoms with E-state index < -0.39 is 10.0 Å². The Morgan fingerprint density at radius 3 is 2.36 bits per heavy atom. The first-order chi connectivity index (χ1) is 13.3. The molecule has 3 saturated heterocycles. The number of hydrogen-bond acceptors (Lipinski definition) is 3. The maximum absolute atomic E-state index is 12.3. The molecule has 0 unspecified atom stereocenters. The Morgan fingerprint density at radius 1 is 1.00 bits per heavy atom. The second-order valence-corrected chi connectivity index (χ2v) is 10.3. The number of amides is 1. The molecule has 0 radical (unpaired) electrons. The Bertz CT molecular complexity index is 1070. The van der Waals surface area contributed by atoms with Crippen molar-refractivity contribution in [3.63, 3.8) is 0 Å². The lowest BCUT2D eigenvalue weighted by Gasteiger charge is -2.55. The van der Waals surface area contributed by atoms with Gasteiger partial charge in [0.2, 0.25) is 0 Å². The molecule has 3 N–H and O–H groups in total. The Morgan fingerprint density at radius 2 is 1.68 bits per heavy atom. The maximum Gasteiger partial charge on any atom is 0.272 e. The first kappa shape index (κ1) is 17.9. The van der Waals surface area contributed by atoms with E-state index in [2.05, 4.69) is 4.72 Å². The van der Waals surface area contributed by atoms with Crippen LogP contribution in [-0.2, 0) is 21.2 Å². The van der Waals surface area contributed by atoms with Gasteiger partial charge in [-0.05, 0) is 23.1 Å². The molecule has 2 aromatic rings. The molecule has 2 aromatic carbocycles. The number of nitrogens with one attached hydrogen (secondary N) is 1. The standard InChI is InChI=1S/C20H25N4O3S/c21-19(25)14-24-11-8-23(9-12-24,10-13-24)7-6-15-4-5-18-20-16(15)2-1-3-17(20)22-28(18,26)27/h1-5,22H,6-14H2,(H-,21,25)/q+1/p+1. The third kappa shape index (κ3) is 2.70. The third-order valence-electron chi connectivity index (χ3n) is 7.12. The summed E-state index contributed by atoms with van der Waals surface area (Å²) in [5, 5.41) is 1.86. The lowest BCUT2D eigenvalue weighted by atomic mass is 9.99. The minimum Gasteiger partial charge on any atom is -0.365 e. The van der Waals surface area contributed by atoms with E-state index in [4.69, 9.17) is 5.73 Å². The molecule has 0 atom stereocenters. The van der Waals surface area contributed by atoms with E-state index >= 15 is 0 Å². The first-order valence-electron chi connectivity index (χ1n) is 9.88. The molecule has 4 aliphatic heterocycles. The van der Waals surface area contributed by atoms with Crippen LogP contribution < -0.4 is 10.5 Å². The Labute approximate surface area is 164 Å². The molecule has 2 bridgehead atoms. The highest BCUT2D eigenvalue weighted by Crippen LogP contribution is 2.39. The van der Waals surface area contributed by atoms with Gasteiger partial charge < -0.3 is 14.7 Å². The topological polar surface area (TPSA) is 89.3 Å². The fourth-order valence-electron chi connectivity index (χ4n) is 5.37. The molecule has 8 heteroatoms. The summed E-state index contributed by atoms with van der Waals surface area (Å²) in [6, 6.07) is 9.50. The number of hydrogen-bond donors (Lipinski definition) is 2. The zero-order chi connectivity index (χ0) is 19.6. The Balaban J connectivity index is 1.38. The van der Waals surface area contributed by atoms with Gasteiger partial charge in [0.15, 0.2) is 6.54 Å². The van der Waals surface area contributed by atoms with Crippen molar-refractivity contribution in [3.05, 3.63) is 35.9 Å². The van der Waals surface area contributed by atoms with Crippen molar-refractivity contribution in [1.82, 2.24) is 0 Å². The van der Waals surface area contributed by atoms with Crippen LogP contribution in [0.25, 0.3) is 10.8 Å². The van der Waals surface area contributed by atoms with Crippen molar-refractivity contribution >= 4 is 32.4 Å². The maximum atomic E-state index is 12.3. The van der Waals surface area contributed by atoms with Crippen molar-refractivity contribution in [2.45, 2.75) is 11.3 Å². The van der Waals surface area contributed by atoms with Crippen LogP contribution in [0.15, 0.2) is 35.2 Å². The van der Waals surface area contributed by atoms with E-state index in [-0.39, 0.29) is 5.91 Å². The molecule has 148 valence electrons. The number of fused-ring (bicyclic) bond motifs is 3. The van der Waals surface area contributed by atoms with E-state index in [9.17, 15) is 13.2 Å². The predicted molar refractivity (Wildman–Crippen MR) is 107 cm³/mol. The Hall–Kier alpha value is -2.16. The second-order valence-electron chi connectivity index (χ2n) is 8.68. The molecule has 4 heterocycles. The van der Waals surface area contributed by atoms with Crippen LogP contribution in [0.2, 0.25) is 0 Å². The number of anilines is 1. The van der Waals surface area contributed by atoms with Gasteiger partial charge in [0.25, 0.3) is 15.9 Å². The molecule has 28 heavy (non-hydrogen) atoms. The number of sulfonamides is 1. The van der Waals surface area contributed by atoms with E-state index in [1.54, 1.807) is 6.07 Å². The minimum absolute atomic E-state index is 0.196. The second kappa shape index (κ2) is 5.92. The Kier molecular flexibility index (Phi) is 3.78. The van der Waals surface area contributed by atoms with Gasteiger partial charge in [-0.2, -0.15) is 0 Å². The van der Waals surface area contributed by atoms with Gasteiger partial charge in [0.05, 0.1) is 17.1 Å². The van der Waals surface area contributed by atoms with Gasteiger partial charge in [-0.15, -0.1) is 0 Å². The van der Waals surface area contributed by atoms with Crippen LogP contribution >= 0.6 is 0 Å². The molecule has 1 amide bonds. The molecular weight excluding hydrogens is 376 g/mol. The smallest absolute Gasteiger partial charge is 0.272 e. The molecule has 0 aromatic heterocycles. The summed E-state index contributed by atoms with van der Waals surface area (Å²) in [7, 11) is -3.43. The van der Waals surface area contributed by atoms with Crippen LogP contribution in [0, 0.1) is 0 Å². The lowest BCUT2D eigenvalue weighted by Crippen LogP contribution is -2.76. The highest BCUT2D eigenvalue weighted by Gasteiger charge is 2.49. The van der Waals surface area contributed by atoms with E-state index in [1.807, 2.05) is 24.3 Å². The summed E-state index contributed by atoms with van der Waals surface area (Å²) in [6.07, 6.45) is 0.927. The van der Waals surface area contributed by atoms with Gasteiger partial charge in [-0.3, -0.25) is 9.52 Å². The SMILES string of the molecule is NC(=O)C[N+]12CC[N+](CCc3ccc4c5c(cccc35)NS4(=O)=O)(CC1)CC2. The summed E-state index contributed by atoms with van der Waals surface area (Å²) in [6.45, 7) is 7.85. The van der Waals surface area contributed by atoms with E-state index in [1.165, 1.54) is 5.56 Å². The van der Waals surface area contributed by atoms with Gasteiger partial charge in [0.1, 0.15) is 39.3 Å². The summed E-state index contributed by atoms with van der Waals surface area (Å²) in [5.41, 5.74) is 7.36. The predicted octanol–water partition coefficient (Wildman–Crippen LogP) is 0.643. The van der Waals surface area contributed by atoms with Gasteiger partial charge >= 0.3 is 0 Å². The lowest BCUT2D eigenvalue weighted by molar-refractivity contribution is -1.08. The number of rotatable bonds is 5. The molecule has 6 rings (SSSR count). The van der Waals surface area contributed by atoms with Crippen LogP contribution in [0.4, 0.5) is 5.69 Å². The number of carbonyl (C=O) groups is 1. The van der Waals surface area contributed by atoms with Crippen LogP contribution in [0.5, 0.6) is 0 Å². The van der Waals surface area contributed by atoms with Crippen LogP contribution in [0.1, 0.15) is 5.56 Å². The summed E-state index contributed by atoms with van der Waals surface area (Å²) >= 11 is 0. The van der Waals surface area contributed by atoms with Crippen molar-refractivity contribution in [2.24, 2.45) is 5.73 Å². The van der Waals surface area contributed by atoms with Crippen molar-refractivity contribution in [1.29, 1.82) is 0 Å². The molecular formula is C20H26N4O3S+2. The van der Waals surface area contributed by atoms with Gasteiger partial charge in [-0.25, -0.2) is 8.42 Å². The molecule has 0 aliphatic carbocycles. The molecule has 3 fully saturated rings. The van der Waals surface area contributed by atoms with Gasteiger partial charge in [-0.1, -0.05) is 18.2 Å². The van der Waals surface area contributed by atoms with E-state index in [0.717, 1.165) is 72.0 Å². The average Bonchev–Trinajstić information content (AvgIpc) is 2.93. The number of primary amides is 1. The molecule has 7 nitrogen and oxygen atoms in total. The highest BCUT2D eigenvalue weighted by molar-refractivity contribution is 7.93. The number of quaternary nitrogens is 2. The fraction of sp³-hybridized carbons (Fsp3) is 0.450. The number of piperazine rings is 3. The molecule has 0 saturated carbocycles. The first-order valence-corrected chi connectivity index (χ1v) is 11.4. The average molecular weight is 403 g/mol. The monoisotopic (exact) mass is 402 g/mol. The summed E-state index contributed by atoms with van der Waals surface area (Å²) in [5.74, 6) is -0.196.